The molecular formula is C22H37N4OS2+. The second kappa shape index (κ2) is 10.4. The van der Waals surface area contributed by atoms with Crippen LogP contribution in [0, 0.1) is 0 Å². The Balaban J connectivity index is 1.87. The molecular weight excluding hydrogens is 400 g/mol. The summed E-state index contributed by atoms with van der Waals surface area (Å²) in [6, 6.07) is 0. The average molecular weight is 438 g/mol. The fourth-order valence-corrected chi connectivity index (χ4v) is 5.67. The van der Waals surface area contributed by atoms with E-state index in [-0.39, 0.29) is 5.60 Å². The number of fused-ring (bicyclic) bond motifs is 3. The summed E-state index contributed by atoms with van der Waals surface area (Å²) in [5.74, 6) is 2.08. The number of nitrogens with one attached hydrogen (secondary N) is 2. The number of rotatable bonds is 11. The molecule has 0 spiro atoms. The number of hydrogen-bond donors (Lipinski definition) is 2. The molecule has 29 heavy (non-hydrogen) atoms. The number of quaternary nitrogens is 1. The first-order chi connectivity index (χ1) is 14.0. The van der Waals surface area contributed by atoms with Gasteiger partial charge in [0.15, 0.2) is 5.16 Å². The van der Waals surface area contributed by atoms with Crippen LogP contribution in [0.4, 0.5) is 5.82 Å². The molecule has 0 aromatic carbocycles. The fourth-order valence-electron chi connectivity index (χ4n) is 3.81. The fraction of sp³-hybridized carbons (Fsp3) is 0.727. The van der Waals surface area contributed by atoms with Crippen LogP contribution < -0.4 is 10.2 Å². The van der Waals surface area contributed by atoms with E-state index in [0.717, 1.165) is 53.8 Å². The molecule has 2 aromatic heterocycles. The van der Waals surface area contributed by atoms with E-state index in [1.165, 1.54) is 35.5 Å². The van der Waals surface area contributed by atoms with Crippen LogP contribution in [-0.2, 0) is 17.8 Å². The van der Waals surface area contributed by atoms with Gasteiger partial charge in [-0.1, -0.05) is 25.6 Å². The highest BCUT2D eigenvalue weighted by Gasteiger charge is 2.33. The summed E-state index contributed by atoms with van der Waals surface area (Å²) in [6.07, 6.45) is 4.25. The van der Waals surface area contributed by atoms with Gasteiger partial charge in [0, 0.05) is 30.0 Å². The molecule has 3 rings (SSSR count). The van der Waals surface area contributed by atoms with Crippen molar-refractivity contribution in [3.63, 3.8) is 0 Å². The van der Waals surface area contributed by atoms with E-state index in [1.807, 2.05) is 0 Å². The lowest BCUT2D eigenvalue weighted by Crippen LogP contribution is -3.11. The number of nitrogens with zero attached hydrogens (tertiary/aromatic N) is 2. The SMILES string of the molecule is CCCSc1nc(NCCC[NH+](CC)CC)c2c3c(sc2n1)CO[C@](C)(CC)C3. The number of hydrogen-bond acceptors (Lipinski definition) is 6. The smallest absolute Gasteiger partial charge is 0.190 e. The van der Waals surface area contributed by atoms with Crippen molar-refractivity contribution in [3.8, 4) is 0 Å². The summed E-state index contributed by atoms with van der Waals surface area (Å²) in [5, 5.41) is 5.81. The Bertz CT molecular complexity index is 806. The maximum Gasteiger partial charge on any atom is 0.190 e. The first-order valence-electron chi connectivity index (χ1n) is 11.2. The molecule has 162 valence electrons. The molecule has 2 N–H and O–H groups in total. The van der Waals surface area contributed by atoms with Gasteiger partial charge in [0.25, 0.3) is 0 Å². The molecule has 0 aliphatic carbocycles. The van der Waals surface area contributed by atoms with Gasteiger partial charge in [0.2, 0.25) is 0 Å². The van der Waals surface area contributed by atoms with E-state index in [0.29, 0.717) is 6.61 Å². The second-order valence-corrected chi connectivity index (χ2v) is 10.3. The molecule has 0 radical (unpaired) electrons. The molecule has 0 fully saturated rings. The first-order valence-corrected chi connectivity index (χ1v) is 13.0. The van der Waals surface area contributed by atoms with Gasteiger partial charge in [-0.15, -0.1) is 11.3 Å². The normalized spacial score (nSPS) is 19.1. The van der Waals surface area contributed by atoms with Gasteiger partial charge in [0.1, 0.15) is 10.6 Å². The van der Waals surface area contributed by atoms with Crippen LogP contribution in [0.15, 0.2) is 5.16 Å². The van der Waals surface area contributed by atoms with Gasteiger partial charge < -0.3 is 15.0 Å². The monoisotopic (exact) mass is 437 g/mol. The highest BCUT2D eigenvalue weighted by molar-refractivity contribution is 7.99. The van der Waals surface area contributed by atoms with Gasteiger partial charge in [-0.2, -0.15) is 0 Å². The van der Waals surface area contributed by atoms with Crippen molar-refractivity contribution in [2.45, 2.75) is 77.7 Å². The minimum absolute atomic E-state index is 0.0833. The molecule has 1 aliphatic heterocycles. The van der Waals surface area contributed by atoms with E-state index >= 15 is 0 Å². The standard InChI is InChI=1S/C22H36N4OS2/c1-6-13-28-21-24-19(23-11-10-12-26(8-3)9-4)18-16-14-22(5,7-2)27-15-17(16)29-20(18)25-21/h6-15H2,1-5H3,(H,23,24,25)/p+1/t22-/m1/s1. The lowest BCUT2D eigenvalue weighted by atomic mass is 9.90. The van der Waals surface area contributed by atoms with E-state index in [9.17, 15) is 0 Å². The van der Waals surface area contributed by atoms with Crippen molar-refractivity contribution in [2.75, 3.05) is 37.2 Å². The molecule has 1 atom stereocenters. The van der Waals surface area contributed by atoms with Gasteiger partial charge >= 0.3 is 0 Å². The van der Waals surface area contributed by atoms with Gasteiger partial charge in [-0.05, 0) is 39.2 Å². The van der Waals surface area contributed by atoms with Crippen molar-refractivity contribution in [2.24, 2.45) is 0 Å². The van der Waals surface area contributed by atoms with Crippen LogP contribution in [-0.4, -0.2) is 47.5 Å². The Kier molecular flexibility index (Phi) is 8.19. The van der Waals surface area contributed by atoms with Crippen molar-refractivity contribution in [1.29, 1.82) is 0 Å². The number of aromatic nitrogens is 2. The van der Waals surface area contributed by atoms with Crippen molar-refractivity contribution >= 4 is 39.1 Å². The molecule has 0 saturated carbocycles. The highest BCUT2D eigenvalue weighted by atomic mass is 32.2. The summed E-state index contributed by atoms with van der Waals surface area (Å²) in [7, 11) is 0. The molecule has 3 heterocycles. The Hall–Kier alpha value is -0.890. The van der Waals surface area contributed by atoms with E-state index < -0.39 is 0 Å². The molecule has 0 amide bonds. The minimum atomic E-state index is -0.0833. The zero-order valence-electron chi connectivity index (χ0n) is 18.7. The molecule has 1 aliphatic rings. The third-order valence-electron chi connectivity index (χ3n) is 6.00. The van der Waals surface area contributed by atoms with Crippen LogP contribution in [0.3, 0.4) is 0 Å². The lowest BCUT2D eigenvalue weighted by molar-refractivity contribution is -0.896. The number of anilines is 1. The minimum Gasteiger partial charge on any atom is -0.369 e. The largest absolute Gasteiger partial charge is 0.369 e. The molecule has 0 unspecified atom stereocenters. The van der Waals surface area contributed by atoms with E-state index in [1.54, 1.807) is 28.0 Å². The Morgan fingerprint density at radius 2 is 2.00 bits per heavy atom. The summed E-state index contributed by atoms with van der Waals surface area (Å²) in [6.45, 7) is 16.4. The van der Waals surface area contributed by atoms with Gasteiger partial charge in [-0.3, -0.25) is 0 Å². The van der Waals surface area contributed by atoms with Crippen LogP contribution >= 0.6 is 23.1 Å². The summed E-state index contributed by atoms with van der Waals surface area (Å²) in [4.78, 5) is 14.0. The predicted octanol–water partition coefficient (Wildman–Crippen LogP) is 4.16. The first kappa shape index (κ1) is 22.8. The third-order valence-corrected chi connectivity index (χ3v) is 8.15. The summed E-state index contributed by atoms with van der Waals surface area (Å²) in [5.41, 5.74) is 1.32. The average Bonchev–Trinajstić information content (AvgIpc) is 3.09. The van der Waals surface area contributed by atoms with E-state index in [2.05, 4.69) is 39.9 Å². The second-order valence-electron chi connectivity index (χ2n) is 8.14. The topological polar surface area (TPSA) is 51.5 Å². The quantitative estimate of drug-likeness (QED) is 0.314. The molecule has 7 heteroatoms. The van der Waals surface area contributed by atoms with Crippen LogP contribution in [0.1, 0.15) is 64.3 Å². The lowest BCUT2D eigenvalue weighted by Gasteiger charge is -2.33. The molecule has 2 aromatic rings. The summed E-state index contributed by atoms with van der Waals surface area (Å²) >= 11 is 3.55. The maximum atomic E-state index is 6.19. The maximum absolute atomic E-state index is 6.19. The number of thioether (sulfide) groups is 1. The van der Waals surface area contributed by atoms with Gasteiger partial charge in [0.05, 0.1) is 37.2 Å². The number of ether oxygens (including phenoxy) is 1. The van der Waals surface area contributed by atoms with E-state index in [4.69, 9.17) is 14.7 Å². The Morgan fingerprint density at radius 1 is 1.21 bits per heavy atom. The third kappa shape index (κ3) is 5.43. The van der Waals surface area contributed by atoms with Crippen molar-refractivity contribution in [1.82, 2.24) is 9.97 Å². The predicted molar refractivity (Wildman–Crippen MR) is 126 cm³/mol. The van der Waals surface area contributed by atoms with Gasteiger partial charge in [-0.25, -0.2) is 9.97 Å². The van der Waals surface area contributed by atoms with Crippen molar-refractivity contribution < 1.29 is 9.64 Å². The number of thiophene rings is 1. The zero-order chi connectivity index (χ0) is 20.9. The van der Waals surface area contributed by atoms with Crippen LogP contribution in [0.2, 0.25) is 0 Å². The van der Waals surface area contributed by atoms with Crippen LogP contribution in [0.25, 0.3) is 10.2 Å². The zero-order valence-corrected chi connectivity index (χ0v) is 20.3. The Labute approximate surface area is 184 Å². The van der Waals surface area contributed by atoms with Crippen LogP contribution in [0.5, 0.6) is 0 Å². The van der Waals surface area contributed by atoms with Crippen molar-refractivity contribution in [3.05, 3.63) is 10.4 Å². The summed E-state index contributed by atoms with van der Waals surface area (Å²) < 4.78 is 6.19. The molecule has 0 bridgehead atoms. The Morgan fingerprint density at radius 3 is 2.69 bits per heavy atom. The highest BCUT2D eigenvalue weighted by Crippen LogP contribution is 2.42. The molecule has 5 nitrogen and oxygen atoms in total. The molecule has 0 saturated heterocycles.